The second kappa shape index (κ2) is 2.83. The average molecular weight is 245 g/mol. The van der Waals surface area contributed by atoms with E-state index in [9.17, 15) is 4.79 Å². The Labute approximate surface area is 83.7 Å². The van der Waals surface area contributed by atoms with E-state index in [2.05, 4.69) is 21.0 Å². The van der Waals surface area contributed by atoms with E-state index in [1.807, 2.05) is 6.20 Å². The fourth-order valence-corrected chi connectivity index (χ4v) is 1.76. The van der Waals surface area contributed by atoms with E-state index in [4.69, 9.17) is 5.11 Å². The van der Waals surface area contributed by atoms with Crippen LogP contribution < -0.4 is 0 Å². The third-order valence-electron chi connectivity index (χ3n) is 2.34. The molecule has 0 bridgehead atoms. The summed E-state index contributed by atoms with van der Waals surface area (Å²) in [4.78, 5) is 10.6. The topological polar surface area (TPSA) is 55.1 Å². The molecule has 13 heavy (non-hydrogen) atoms. The summed E-state index contributed by atoms with van der Waals surface area (Å²) in [6, 6.07) is 0. The number of carboxylic acid groups (broad SMARTS) is 1. The van der Waals surface area contributed by atoms with Crippen molar-refractivity contribution in [3.8, 4) is 0 Å². The zero-order chi connectivity index (χ0) is 9.47. The summed E-state index contributed by atoms with van der Waals surface area (Å²) >= 11 is 3.29. The highest BCUT2D eigenvalue weighted by Gasteiger charge is 2.47. The number of carbonyl (C=O) groups is 1. The molecule has 1 saturated carbocycles. The van der Waals surface area contributed by atoms with Gasteiger partial charge in [0.2, 0.25) is 0 Å². The molecule has 1 aromatic rings. The zero-order valence-electron chi connectivity index (χ0n) is 6.90. The van der Waals surface area contributed by atoms with Gasteiger partial charge in [-0.3, -0.25) is 9.48 Å². The van der Waals surface area contributed by atoms with Crippen LogP contribution in [0.15, 0.2) is 16.9 Å². The van der Waals surface area contributed by atoms with Crippen LogP contribution in [0.3, 0.4) is 0 Å². The smallest absolute Gasteiger partial charge is 0.305 e. The maximum atomic E-state index is 10.6. The highest BCUT2D eigenvalue weighted by molar-refractivity contribution is 9.10. The Morgan fingerprint density at radius 2 is 2.46 bits per heavy atom. The summed E-state index contributed by atoms with van der Waals surface area (Å²) in [6.07, 6.45) is 5.50. The Hall–Kier alpha value is -0.840. The molecule has 1 aliphatic rings. The molecule has 5 heteroatoms. The lowest BCUT2D eigenvalue weighted by atomic mass is 10.2. The normalized spacial score (nSPS) is 18.5. The molecule has 0 aromatic carbocycles. The van der Waals surface area contributed by atoms with E-state index in [0.717, 1.165) is 17.3 Å². The van der Waals surface area contributed by atoms with Gasteiger partial charge in [0.15, 0.2) is 0 Å². The van der Waals surface area contributed by atoms with Crippen molar-refractivity contribution in [2.24, 2.45) is 0 Å². The molecule has 0 radical (unpaired) electrons. The number of hydrogen-bond acceptors (Lipinski definition) is 2. The molecule has 70 valence electrons. The van der Waals surface area contributed by atoms with Crippen molar-refractivity contribution in [2.75, 3.05) is 0 Å². The summed E-state index contributed by atoms with van der Waals surface area (Å²) in [6.45, 7) is 0. The van der Waals surface area contributed by atoms with Gasteiger partial charge in [-0.15, -0.1) is 0 Å². The summed E-state index contributed by atoms with van der Waals surface area (Å²) in [5.74, 6) is -0.760. The van der Waals surface area contributed by atoms with E-state index in [1.165, 1.54) is 0 Å². The van der Waals surface area contributed by atoms with Crippen molar-refractivity contribution in [1.29, 1.82) is 0 Å². The van der Waals surface area contributed by atoms with E-state index in [-0.39, 0.29) is 12.0 Å². The minimum absolute atomic E-state index is 0.168. The molecule has 1 N–H and O–H groups in total. The molecule has 1 aromatic heterocycles. The van der Waals surface area contributed by atoms with Gasteiger partial charge in [-0.2, -0.15) is 5.10 Å². The maximum Gasteiger partial charge on any atom is 0.305 e. The van der Waals surface area contributed by atoms with Crippen LogP contribution in [0, 0.1) is 0 Å². The van der Waals surface area contributed by atoms with Crippen molar-refractivity contribution in [3.05, 3.63) is 16.9 Å². The van der Waals surface area contributed by atoms with Crippen LogP contribution in [0.25, 0.3) is 0 Å². The number of aromatic nitrogens is 2. The molecule has 4 nitrogen and oxygen atoms in total. The maximum absolute atomic E-state index is 10.6. The molecular formula is C8H9BrN2O2. The van der Waals surface area contributed by atoms with Gasteiger partial charge >= 0.3 is 5.97 Å². The number of nitrogens with zero attached hydrogens (tertiary/aromatic N) is 2. The van der Waals surface area contributed by atoms with Gasteiger partial charge in [-0.1, -0.05) is 0 Å². The summed E-state index contributed by atoms with van der Waals surface area (Å²) < 4.78 is 2.65. The first-order valence-corrected chi connectivity index (χ1v) is 4.84. The summed E-state index contributed by atoms with van der Waals surface area (Å²) in [5.41, 5.74) is -0.238. The fourth-order valence-electron chi connectivity index (χ4n) is 1.47. The first kappa shape index (κ1) is 8.74. The van der Waals surface area contributed by atoms with Crippen molar-refractivity contribution in [1.82, 2.24) is 9.78 Å². The highest BCUT2D eigenvalue weighted by Crippen LogP contribution is 2.46. The number of hydrogen-bond donors (Lipinski definition) is 1. The van der Waals surface area contributed by atoms with E-state index >= 15 is 0 Å². The predicted molar refractivity (Wildman–Crippen MR) is 49.4 cm³/mol. The lowest BCUT2D eigenvalue weighted by Crippen LogP contribution is -2.21. The van der Waals surface area contributed by atoms with Crippen molar-refractivity contribution in [3.63, 3.8) is 0 Å². The van der Waals surface area contributed by atoms with Gasteiger partial charge in [0, 0.05) is 6.20 Å². The van der Waals surface area contributed by atoms with Gasteiger partial charge in [0.05, 0.1) is 22.6 Å². The zero-order valence-corrected chi connectivity index (χ0v) is 8.49. The van der Waals surface area contributed by atoms with Crippen LogP contribution >= 0.6 is 15.9 Å². The quantitative estimate of drug-likeness (QED) is 0.880. The van der Waals surface area contributed by atoms with Gasteiger partial charge in [0.1, 0.15) is 0 Å². The van der Waals surface area contributed by atoms with Crippen LogP contribution in [0.4, 0.5) is 0 Å². The molecule has 0 saturated heterocycles. The van der Waals surface area contributed by atoms with Crippen molar-refractivity contribution in [2.45, 2.75) is 24.8 Å². The van der Waals surface area contributed by atoms with Crippen LogP contribution in [-0.4, -0.2) is 20.9 Å². The molecule has 0 aliphatic heterocycles. The lowest BCUT2D eigenvalue weighted by molar-refractivity contribution is -0.138. The van der Waals surface area contributed by atoms with E-state index in [0.29, 0.717) is 0 Å². The summed E-state index contributed by atoms with van der Waals surface area (Å²) in [5, 5.41) is 12.8. The van der Waals surface area contributed by atoms with Crippen LogP contribution in [0.2, 0.25) is 0 Å². The molecule has 1 aliphatic carbocycles. The molecule has 0 spiro atoms. The molecular weight excluding hydrogens is 236 g/mol. The minimum atomic E-state index is -0.760. The van der Waals surface area contributed by atoms with Crippen molar-refractivity contribution < 1.29 is 9.90 Å². The number of carboxylic acids is 1. The molecule has 0 amide bonds. The Bertz CT molecular complexity index is 344. The number of halogens is 1. The predicted octanol–water partition coefficient (Wildman–Crippen LogP) is 1.61. The Morgan fingerprint density at radius 1 is 1.77 bits per heavy atom. The standard InChI is InChI=1S/C8H9BrN2O2/c9-6-4-10-11(5-6)8(1-2-8)3-7(12)13/h4-5H,1-3H2,(H,12,13). The number of aliphatic carboxylic acids is 1. The molecule has 0 unspecified atom stereocenters. The van der Waals surface area contributed by atoms with Gasteiger partial charge in [-0.05, 0) is 28.8 Å². The third-order valence-corrected chi connectivity index (χ3v) is 2.75. The molecule has 1 heterocycles. The van der Waals surface area contributed by atoms with Gasteiger partial charge in [0.25, 0.3) is 0 Å². The minimum Gasteiger partial charge on any atom is -0.481 e. The summed E-state index contributed by atoms with van der Waals surface area (Å²) in [7, 11) is 0. The van der Waals surface area contributed by atoms with Crippen molar-refractivity contribution >= 4 is 21.9 Å². The van der Waals surface area contributed by atoms with E-state index < -0.39 is 5.97 Å². The van der Waals surface area contributed by atoms with Crippen LogP contribution in [0.5, 0.6) is 0 Å². The Balaban J connectivity index is 2.20. The number of rotatable bonds is 3. The molecule has 2 rings (SSSR count). The van der Waals surface area contributed by atoms with Crippen LogP contribution in [0.1, 0.15) is 19.3 Å². The largest absolute Gasteiger partial charge is 0.481 e. The first-order valence-electron chi connectivity index (χ1n) is 4.05. The Morgan fingerprint density at radius 3 is 2.85 bits per heavy atom. The lowest BCUT2D eigenvalue weighted by Gasteiger charge is -2.12. The fraction of sp³-hybridized carbons (Fsp3) is 0.500. The second-order valence-corrected chi connectivity index (χ2v) is 4.31. The monoisotopic (exact) mass is 244 g/mol. The Kier molecular flexibility index (Phi) is 1.91. The molecule has 1 fully saturated rings. The van der Waals surface area contributed by atoms with Gasteiger partial charge in [-0.25, -0.2) is 0 Å². The average Bonchev–Trinajstić information content (AvgIpc) is 2.65. The van der Waals surface area contributed by atoms with E-state index in [1.54, 1.807) is 10.9 Å². The molecule has 0 atom stereocenters. The van der Waals surface area contributed by atoms with Crippen LogP contribution in [-0.2, 0) is 10.3 Å². The second-order valence-electron chi connectivity index (χ2n) is 3.40. The third kappa shape index (κ3) is 1.60. The SMILES string of the molecule is O=C(O)CC1(n2cc(Br)cn2)CC1. The first-order chi connectivity index (χ1) is 6.12. The highest BCUT2D eigenvalue weighted by atomic mass is 79.9. The van der Waals surface area contributed by atoms with Gasteiger partial charge < -0.3 is 5.11 Å².